The monoisotopic (exact) mass is 450 g/mol. The summed E-state index contributed by atoms with van der Waals surface area (Å²) in [6.07, 6.45) is 8.61. The molecule has 166 valence electrons. The minimum atomic E-state index is -3.32. The molecule has 0 spiro atoms. The molecule has 0 aliphatic carbocycles. The van der Waals surface area contributed by atoms with Gasteiger partial charge in [-0.15, -0.1) is 0 Å². The normalized spacial score (nSPS) is 11.4. The van der Waals surface area contributed by atoms with Crippen LogP contribution in [0.2, 0.25) is 0 Å². The summed E-state index contributed by atoms with van der Waals surface area (Å²) < 4.78 is 25.7. The van der Waals surface area contributed by atoms with Gasteiger partial charge in [0.25, 0.3) is 0 Å². The molecule has 0 saturated carbocycles. The molecule has 2 aromatic heterocycles. The number of rotatable bonds is 11. The Labute approximate surface area is 188 Å². The number of benzene rings is 1. The number of nitrogens with zero attached hydrogens (tertiary/aromatic N) is 2. The van der Waals surface area contributed by atoms with Gasteiger partial charge in [-0.1, -0.05) is 18.2 Å². The third-order valence-corrected chi connectivity index (χ3v) is 6.03. The summed E-state index contributed by atoms with van der Waals surface area (Å²) in [6.45, 7) is 0.813. The van der Waals surface area contributed by atoms with Crippen LogP contribution in [0.5, 0.6) is 0 Å². The first-order chi connectivity index (χ1) is 15.5. The molecule has 0 bridgehead atoms. The molecule has 0 saturated heterocycles. The quantitative estimate of drug-likeness (QED) is 0.334. The van der Waals surface area contributed by atoms with Gasteiger partial charge in [-0.3, -0.25) is 9.97 Å². The van der Waals surface area contributed by atoms with Crippen LogP contribution in [0, 0.1) is 5.41 Å². The Morgan fingerprint density at radius 2 is 2.00 bits per heavy atom. The molecule has 0 radical (unpaired) electrons. The van der Waals surface area contributed by atoms with Gasteiger partial charge in [-0.2, -0.15) is 0 Å². The maximum atomic E-state index is 11.7. The third-order valence-electron chi connectivity index (χ3n) is 4.66. The summed E-state index contributed by atoms with van der Waals surface area (Å²) in [4.78, 5) is 8.46. The van der Waals surface area contributed by atoms with Crippen molar-refractivity contribution < 1.29 is 8.42 Å². The summed E-state index contributed by atoms with van der Waals surface area (Å²) in [6, 6.07) is 15.1. The third kappa shape index (κ3) is 6.73. The van der Waals surface area contributed by atoms with E-state index in [1.54, 1.807) is 30.9 Å². The average Bonchev–Trinajstić information content (AvgIpc) is 2.83. The molecule has 4 N–H and O–H groups in total. The second-order valence-electron chi connectivity index (χ2n) is 6.91. The Hall–Kier alpha value is -3.56. The number of nitrogens with one attached hydrogen (secondary N) is 4. The molecule has 0 amide bonds. The van der Waals surface area contributed by atoms with Gasteiger partial charge in [0.05, 0.1) is 17.2 Å². The maximum Gasteiger partial charge on any atom is 0.213 e. The van der Waals surface area contributed by atoms with Crippen molar-refractivity contribution in [2.75, 3.05) is 24.7 Å². The lowest BCUT2D eigenvalue weighted by molar-refractivity contribution is 0.588. The largest absolute Gasteiger partial charge is 0.387 e. The molecule has 8 nitrogen and oxygen atoms in total. The molecular weight excluding hydrogens is 424 g/mol. The van der Waals surface area contributed by atoms with Crippen LogP contribution >= 0.6 is 0 Å². The van der Waals surface area contributed by atoms with Crippen molar-refractivity contribution in [2.45, 2.75) is 6.54 Å². The first-order valence-electron chi connectivity index (χ1n) is 10.1. The van der Waals surface area contributed by atoms with Crippen LogP contribution in [0.4, 0.5) is 5.69 Å². The Balaban J connectivity index is 1.77. The van der Waals surface area contributed by atoms with E-state index < -0.39 is 10.0 Å². The van der Waals surface area contributed by atoms with Gasteiger partial charge in [0.2, 0.25) is 10.0 Å². The lowest BCUT2D eigenvalue weighted by Crippen LogP contribution is -2.26. The minimum Gasteiger partial charge on any atom is -0.387 e. The van der Waals surface area contributed by atoms with Gasteiger partial charge in [-0.05, 0) is 55.2 Å². The van der Waals surface area contributed by atoms with E-state index in [-0.39, 0.29) is 18.0 Å². The van der Waals surface area contributed by atoms with E-state index in [0.29, 0.717) is 17.8 Å². The van der Waals surface area contributed by atoms with Gasteiger partial charge >= 0.3 is 0 Å². The van der Waals surface area contributed by atoms with Crippen molar-refractivity contribution in [1.82, 2.24) is 20.0 Å². The zero-order valence-corrected chi connectivity index (χ0v) is 18.6. The van der Waals surface area contributed by atoms with Crippen molar-refractivity contribution >= 4 is 21.4 Å². The fourth-order valence-corrected chi connectivity index (χ4v) is 3.52. The van der Waals surface area contributed by atoms with Crippen LogP contribution in [0.15, 0.2) is 79.4 Å². The second kappa shape index (κ2) is 11.2. The highest BCUT2D eigenvalue weighted by Gasteiger charge is 2.11. The number of pyridine rings is 2. The highest BCUT2D eigenvalue weighted by atomic mass is 32.2. The van der Waals surface area contributed by atoms with Gasteiger partial charge in [0, 0.05) is 48.5 Å². The van der Waals surface area contributed by atoms with E-state index >= 15 is 0 Å². The van der Waals surface area contributed by atoms with Crippen LogP contribution in [0.1, 0.15) is 11.1 Å². The summed E-state index contributed by atoms with van der Waals surface area (Å²) in [5.41, 5.74) is 4.31. The SMILES string of the molecule is CNS(=O)(=O)CCNc1ccc(-c2ccccn2)cc1C(=N)/C=C\NCc1cccnc1. The highest BCUT2D eigenvalue weighted by molar-refractivity contribution is 7.89. The lowest BCUT2D eigenvalue weighted by Gasteiger charge is -2.14. The summed E-state index contributed by atoms with van der Waals surface area (Å²) >= 11 is 0. The summed E-state index contributed by atoms with van der Waals surface area (Å²) in [7, 11) is -1.93. The number of anilines is 1. The van der Waals surface area contributed by atoms with Crippen LogP contribution in [0.3, 0.4) is 0 Å². The van der Waals surface area contributed by atoms with Crippen molar-refractivity contribution in [3.05, 3.63) is 90.5 Å². The van der Waals surface area contributed by atoms with Gasteiger partial charge in [0.15, 0.2) is 0 Å². The molecule has 2 heterocycles. The lowest BCUT2D eigenvalue weighted by atomic mass is 10.0. The standard InChI is InChI=1S/C23H26N6O2S/c1-25-32(30,31)14-13-29-23-8-7-19(22-6-2-3-11-28-22)15-20(23)21(24)9-12-27-17-18-5-4-10-26-16-18/h2-12,15-16,24-25,27,29H,13-14,17H2,1H3/b12-9-,24-21?. The van der Waals surface area contributed by atoms with Crippen molar-refractivity contribution in [2.24, 2.45) is 0 Å². The van der Waals surface area contributed by atoms with Crippen molar-refractivity contribution in [1.29, 1.82) is 5.41 Å². The van der Waals surface area contributed by atoms with Crippen LogP contribution < -0.4 is 15.4 Å². The molecule has 0 fully saturated rings. The van der Waals surface area contributed by atoms with Gasteiger partial charge in [-0.25, -0.2) is 13.1 Å². The molecular formula is C23H26N6O2S. The van der Waals surface area contributed by atoms with Crippen LogP contribution in [-0.4, -0.2) is 43.4 Å². The number of hydrogen-bond donors (Lipinski definition) is 4. The number of sulfonamides is 1. The molecule has 0 aliphatic rings. The van der Waals surface area contributed by atoms with Crippen LogP contribution in [0.25, 0.3) is 11.3 Å². The first-order valence-corrected chi connectivity index (χ1v) is 11.7. The van der Waals surface area contributed by atoms with E-state index in [1.165, 1.54) is 7.05 Å². The molecule has 3 aromatic rings. The molecule has 1 aromatic carbocycles. The minimum absolute atomic E-state index is 0.0687. The zero-order valence-electron chi connectivity index (χ0n) is 17.7. The first kappa shape index (κ1) is 23.1. The summed E-state index contributed by atoms with van der Waals surface area (Å²) in [5, 5.41) is 14.9. The van der Waals surface area contributed by atoms with Crippen molar-refractivity contribution in [3.8, 4) is 11.3 Å². The fraction of sp³-hybridized carbons (Fsp3) is 0.174. The molecule has 0 aliphatic heterocycles. The molecule has 3 rings (SSSR count). The topological polar surface area (TPSA) is 120 Å². The predicted octanol–water partition coefficient (Wildman–Crippen LogP) is 2.78. The van der Waals surface area contributed by atoms with E-state index in [9.17, 15) is 8.42 Å². The molecule has 0 atom stereocenters. The Bertz CT molecular complexity index is 1170. The van der Waals surface area contributed by atoms with E-state index in [0.717, 1.165) is 16.8 Å². The van der Waals surface area contributed by atoms with E-state index in [4.69, 9.17) is 5.41 Å². The average molecular weight is 451 g/mol. The number of hydrogen-bond acceptors (Lipinski definition) is 7. The Kier molecular flexibility index (Phi) is 8.07. The molecule has 9 heteroatoms. The predicted molar refractivity (Wildman–Crippen MR) is 128 cm³/mol. The zero-order chi connectivity index (χ0) is 22.8. The fourth-order valence-electron chi connectivity index (χ4n) is 2.95. The maximum absolute atomic E-state index is 11.7. The Morgan fingerprint density at radius 3 is 2.72 bits per heavy atom. The number of allylic oxidation sites excluding steroid dienone is 1. The molecule has 0 unspecified atom stereocenters. The number of aromatic nitrogens is 2. The van der Waals surface area contributed by atoms with Crippen molar-refractivity contribution in [3.63, 3.8) is 0 Å². The summed E-state index contributed by atoms with van der Waals surface area (Å²) in [5.74, 6) is -0.0687. The second-order valence-corrected chi connectivity index (χ2v) is 8.96. The van der Waals surface area contributed by atoms with Gasteiger partial charge in [0.1, 0.15) is 0 Å². The highest BCUT2D eigenvalue weighted by Crippen LogP contribution is 2.24. The Morgan fingerprint density at radius 1 is 1.12 bits per heavy atom. The smallest absolute Gasteiger partial charge is 0.213 e. The molecule has 32 heavy (non-hydrogen) atoms. The van der Waals surface area contributed by atoms with Crippen LogP contribution in [-0.2, 0) is 16.6 Å². The van der Waals surface area contributed by atoms with E-state index in [2.05, 4.69) is 25.3 Å². The van der Waals surface area contributed by atoms with Gasteiger partial charge < -0.3 is 16.0 Å². The van der Waals surface area contributed by atoms with E-state index in [1.807, 2.05) is 48.5 Å².